The standard InChI is InChI=1S/C17H27N3O2/c1-4-11-20(12-5-2)17(22)9-10-18-15-7-6-8-16(13-15)19-14(3)21/h6-8,13,18H,4-5,9-12H2,1-3H3,(H,19,21). The average molecular weight is 305 g/mol. The van der Waals surface area contributed by atoms with E-state index in [0.717, 1.165) is 37.3 Å². The van der Waals surface area contributed by atoms with Crippen LogP contribution in [0.15, 0.2) is 24.3 Å². The Labute approximate surface area is 133 Å². The summed E-state index contributed by atoms with van der Waals surface area (Å²) in [5.74, 6) is 0.0938. The van der Waals surface area contributed by atoms with E-state index in [1.807, 2.05) is 29.2 Å². The molecule has 0 atom stereocenters. The second-order valence-electron chi connectivity index (χ2n) is 5.32. The summed E-state index contributed by atoms with van der Waals surface area (Å²) >= 11 is 0. The van der Waals surface area contributed by atoms with Crippen molar-refractivity contribution in [2.45, 2.75) is 40.0 Å². The molecule has 1 aromatic rings. The van der Waals surface area contributed by atoms with E-state index in [1.54, 1.807) is 0 Å². The summed E-state index contributed by atoms with van der Waals surface area (Å²) in [5.41, 5.74) is 1.65. The number of hydrogen-bond donors (Lipinski definition) is 2. The summed E-state index contributed by atoms with van der Waals surface area (Å²) in [6.45, 7) is 7.89. The Kier molecular flexibility index (Phi) is 8.04. The van der Waals surface area contributed by atoms with Crippen LogP contribution in [-0.2, 0) is 9.59 Å². The molecule has 5 nitrogen and oxygen atoms in total. The molecule has 0 heterocycles. The van der Waals surface area contributed by atoms with Crippen LogP contribution in [0.2, 0.25) is 0 Å². The van der Waals surface area contributed by atoms with Crippen LogP contribution in [0, 0.1) is 0 Å². The number of benzene rings is 1. The lowest BCUT2D eigenvalue weighted by Gasteiger charge is -2.21. The van der Waals surface area contributed by atoms with Crippen molar-refractivity contribution in [1.29, 1.82) is 0 Å². The van der Waals surface area contributed by atoms with E-state index in [1.165, 1.54) is 6.92 Å². The van der Waals surface area contributed by atoms with Gasteiger partial charge in [-0.1, -0.05) is 19.9 Å². The Morgan fingerprint density at radius 1 is 1.09 bits per heavy atom. The molecule has 0 aliphatic heterocycles. The first-order valence-electron chi connectivity index (χ1n) is 7.96. The third-order valence-corrected chi connectivity index (χ3v) is 3.19. The maximum atomic E-state index is 12.2. The number of rotatable bonds is 9. The number of hydrogen-bond acceptors (Lipinski definition) is 3. The van der Waals surface area contributed by atoms with E-state index >= 15 is 0 Å². The smallest absolute Gasteiger partial charge is 0.224 e. The van der Waals surface area contributed by atoms with Gasteiger partial charge < -0.3 is 15.5 Å². The van der Waals surface area contributed by atoms with Crippen molar-refractivity contribution in [2.24, 2.45) is 0 Å². The Balaban J connectivity index is 2.45. The molecular weight excluding hydrogens is 278 g/mol. The molecule has 0 spiro atoms. The number of carbonyl (C=O) groups excluding carboxylic acids is 2. The SMILES string of the molecule is CCCN(CCC)C(=O)CCNc1cccc(NC(C)=O)c1. The normalized spacial score (nSPS) is 10.1. The Bertz CT molecular complexity index is 483. The van der Waals surface area contributed by atoms with E-state index in [2.05, 4.69) is 24.5 Å². The first kappa shape index (κ1) is 18.0. The molecule has 0 unspecified atom stereocenters. The van der Waals surface area contributed by atoms with Gasteiger partial charge in [-0.05, 0) is 31.0 Å². The van der Waals surface area contributed by atoms with Crippen LogP contribution in [0.3, 0.4) is 0 Å². The largest absolute Gasteiger partial charge is 0.384 e. The number of carbonyl (C=O) groups is 2. The number of nitrogens with one attached hydrogen (secondary N) is 2. The van der Waals surface area contributed by atoms with Crippen LogP contribution >= 0.6 is 0 Å². The van der Waals surface area contributed by atoms with Crippen LogP contribution in [0.1, 0.15) is 40.0 Å². The lowest BCUT2D eigenvalue weighted by molar-refractivity contribution is -0.131. The van der Waals surface area contributed by atoms with Gasteiger partial charge in [0.05, 0.1) is 0 Å². The maximum Gasteiger partial charge on any atom is 0.224 e. The van der Waals surface area contributed by atoms with Crippen LogP contribution in [-0.4, -0.2) is 36.3 Å². The highest BCUT2D eigenvalue weighted by Crippen LogP contribution is 2.15. The molecule has 5 heteroatoms. The van der Waals surface area contributed by atoms with Crippen molar-refractivity contribution in [3.05, 3.63) is 24.3 Å². The van der Waals surface area contributed by atoms with Gasteiger partial charge in [0.2, 0.25) is 11.8 Å². The van der Waals surface area contributed by atoms with Gasteiger partial charge in [-0.15, -0.1) is 0 Å². The highest BCUT2D eigenvalue weighted by molar-refractivity contribution is 5.89. The summed E-state index contributed by atoms with van der Waals surface area (Å²) in [5, 5.41) is 5.97. The van der Waals surface area contributed by atoms with E-state index in [9.17, 15) is 9.59 Å². The van der Waals surface area contributed by atoms with Crippen molar-refractivity contribution in [3.63, 3.8) is 0 Å². The van der Waals surface area contributed by atoms with E-state index in [-0.39, 0.29) is 11.8 Å². The van der Waals surface area contributed by atoms with Crippen LogP contribution in [0.4, 0.5) is 11.4 Å². The minimum absolute atomic E-state index is 0.0953. The fraction of sp³-hybridized carbons (Fsp3) is 0.529. The highest BCUT2D eigenvalue weighted by atomic mass is 16.2. The minimum Gasteiger partial charge on any atom is -0.384 e. The molecule has 0 saturated carbocycles. The first-order valence-corrected chi connectivity index (χ1v) is 7.96. The van der Waals surface area contributed by atoms with Gasteiger partial charge >= 0.3 is 0 Å². The second kappa shape index (κ2) is 9.82. The van der Waals surface area contributed by atoms with Crippen molar-refractivity contribution >= 4 is 23.2 Å². The lowest BCUT2D eigenvalue weighted by atomic mass is 10.2. The Morgan fingerprint density at radius 3 is 2.32 bits per heavy atom. The monoisotopic (exact) mass is 305 g/mol. The van der Waals surface area contributed by atoms with Crippen molar-refractivity contribution in [2.75, 3.05) is 30.3 Å². The van der Waals surface area contributed by atoms with Gasteiger partial charge in [-0.2, -0.15) is 0 Å². The molecule has 122 valence electrons. The molecule has 2 N–H and O–H groups in total. The molecule has 0 fully saturated rings. The average Bonchev–Trinajstić information content (AvgIpc) is 2.46. The molecule has 0 aromatic heterocycles. The fourth-order valence-corrected chi connectivity index (χ4v) is 2.28. The second-order valence-corrected chi connectivity index (χ2v) is 5.32. The molecule has 0 saturated heterocycles. The quantitative estimate of drug-likeness (QED) is 0.737. The van der Waals surface area contributed by atoms with Gasteiger partial charge in [0.1, 0.15) is 0 Å². The number of anilines is 2. The summed E-state index contributed by atoms with van der Waals surface area (Å²) in [6, 6.07) is 7.49. The molecule has 2 amide bonds. The van der Waals surface area contributed by atoms with Gasteiger partial charge in [-0.25, -0.2) is 0 Å². The summed E-state index contributed by atoms with van der Waals surface area (Å²) in [4.78, 5) is 25.1. The third-order valence-electron chi connectivity index (χ3n) is 3.19. The van der Waals surface area contributed by atoms with Gasteiger partial charge in [0.25, 0.3) is 0 Å². The molecule has 1 rings (SSSR count). The van der Waals surface area contributed by atoms with Crippen LogP contribution in [0.25, 0.3) is 0 Å². The van der Waals surface area contributed by atoms with E-state index < -0.39 is 0 Å². The van der Waals surface area contributed by atoms with Gasteiger partial charge in [-0.3, -0.25) is 9.59 Å². The minimum atomic E-state index is -0.0953. The zero-order chi connectivity index (χ0) is 16.4. The Morgan fingerprint density at radius 2 is 1.73 bits per heavy atom. The van der Waals surface area contributed by atoms with Gasteiger partial charge in [0, 0.05) is 44.4 Å². The number of nitrogens with zero attached hydrogens (tertiary/aromatic N) is 1. The highest BCUT2D eigenvalue weighted by Gasteiger charge is 2.10. The van der Waals surface area contributed by atoms with E-state index in [4.69, 9.17) is 0 Å². The molecule has 0 aliphatic rings. The van der Waals surface area contributed by atoms with E-state index in [0.29, 0.717) is 13.0 Å². The maximum absolute atomic E-state index is 12.2. The lowest BCUT2D eigenvalue weighted by Crippen LogP contribution is -2.33. The zero-order valence-electron chi connectivity index (χ0n) is 13.8. The molecule has 0 aliphatic carbocycles. The van der Waals surface area contributed by atoms with Crippen molar-refractivity contribution < 1.29 is 9.59 Å². The fourth-order valence-electron chi connectivity index (χ4n) is 2.28. The van der Waals surface area contributed by atoms with Crippen molar-refractivity contribution in [1.82, 2.24) is 4.90 Å². The topological polar surface area (TPSA) is 61.4 Å². The Hall–Kier alpha value is -2.04. The first-order chi connectivity index (χ1) is 10.6. The van der Waals surface area contributed by atoms with Crippen LogP contribution < -0.4 is 10.6 Å². The van der Waals surface area contributed by atoms with Crippen molar-refractivity contribution in [3.8, 4) is 0 Å². The number of amides is 2. The molecular formula is C17H27N3O2. The molecule has 22 heavy (non-hydrogen) atoms. The predicted molar refractivity (Wildman–Crippen MR) is 91.0 cm³/mol. The van der Waals surface area contributed by atoms with Crippen LogP contribution in [0.5, 0.6) is 0 Å². The van der Waals surface area contributed by atoms with Gasteiger partial charge in [0.15, 0.2) is 0 Å². The molecule has 1 aromatic carbocycles. The summed E-state index contributed by atoms with van der Waals surface area (Å²) in [6.07, 6.45) is 2.44. The molecule has 0 bridgehead atoms. The third kappa shape index (κ3) is 6.61. The summed E-state index contributed by atoms with van der Waals surface area (Å²) in [7, 11) is 0. The predicted octanol–water partition coefficient (Wildman–Crippen LogP) is 3.10. The summed E-state index contributed by atoms with van der Waals surface area (Å²) < 4.78 is 0. The zero-order valence-corrected chi connectivity index (χ0v) is 13.8. The molecule has 0 radical (unpaired) electrons.